The molecule has 0 aliphatic heterocycles. The van der Waals surface area contributed by atoms with Gasteiger partial charge in [0.05, 0.1) is 38.1 Å². The molecule has 8 heteroatoms. The minimum absolute atomic E-state index is 0. The van der Waals surface area contributed by atoms with Gasteiger partial charge in [-0.05, 0) is 27.7 Å². The SMILES string of the molecule is C.CC(=O)NCC(F)C(C)(C)OCCOCCNC(=O)COC(C)C. The van der Waals surface area contributed by atoms with E-state index in [4.69, 9.17) is 14.2 Å². The van der Waals surface area contributed by atoms with Gasteiger partial charge in [0.25, 0.3) is 0 Å². The molecular weight excluding hydrogens is 331 g/mol. The molecule has 0 aliphatic carbocycles. The summed E-state index contributed by atoms with van der Waals surface area (Å²) in [6.07, 6.45) is -1.31. The van der Waals surface area contributed by atoms with Crippen LogP contribution in [0.5, 0.6) is 0 Å². The highest BCUT2D eigenvalue weighted by Crippen LogP contribution is 2.17. The van der Waals surface area contributed by atoms with Crippen molar-refractivity contribution in [3.63, 3.8) is 0 Å². The van der Waals surface area contributed by atoms with Gasteiger partial charge in [0, 0.05) is 13.5 Å². The van der Waals surface area contributed by atoms with Gasteiger partial charge in [-0.25, -0.2) is 4.39 Å². The van der Waals surface area contributed by atoms with Gasteiger partial charge in [0.2, 0.25) is 11.8 Å². The maximum atomic E-state index is 13.9. The Labute approximate surface area is 151 Å². The lowest BCUT2D eigenvalue weighted by Gasteiger charge is -2.29. The number of carbonyl (C=O) groups is 2. The summed E-state index contributed by atoms with van der Waals surface area (Å²) in [5, 5.41) is 5.08. The van der Waals surface area contributed by atoms with E-state index in [1.165, 1.54) is 6.92 Å². The minimum atomic E-state index is -1.32. The van der Waals surface area contributed by atoms with Crippen LogP contribution in [0.1, 0.15) is 42.0 Å². The van der Waals surface area contributed by atoms with E-state index in [0.717, 1.165) is 0 Å². The molecular formula is C17H35FN2O5. The summed E-state index contributed by atoms with van der Waals surface area (Å²) in [4.78, 5) is 22.1. The first-order chi connectivity index (χ1) is 11.1. The van der Waals surface area contributed by atoms with Crippen LogP contribution in [0.3, 0.4) is 0 Å². The zero-order chi connectivity index (χ0) is 18.6. The topological polar surface area (TPSA) is 85.9 Å². The van der Waals surface area contributed by atoms with Crippen molar-refractivity contribution in [1.29, 1.82) is 0 Å². The Bertz CT molecular complexity index is 378. The number of nitrogens with one attached hydrogen (secondary N) is 2. The summed E-state index contributed by atoms with van der Waals surface area (Å²) >= 11 is 0. The molecule has 25 heavy (non-hydrogen) atoms. The fraction of sp³-hybridized carbons (Fsp3) is 0.882. The van der Waals surface area contributed by atoms with Gasteiger partial charge in [-0.1, -0.05) is 7.43 Å². The summed E-state index contributed by atoms with van der Waals surface area (Å²) < 4.78 is 29.9. The maximum absolute atomic E-state index is 13.9. The standard InChI is InChI=1S/C16H31FN2O5.CH4/c1-12(2)23-11-15(21)18-6-7-22-8-9-24-16(4,5)14(17)10-19-13(3)20;/h12,14H,6-11H2,1-5H3,(H,18,21)(H,19,20);1H4. The highest BCUT2D eigenvalue weighted by Gasteiger charge is 2.30. The number of rotatable bonds is 13. The van der Waals surface area contributed by atoms with E-state index < -0.39 is 11.8 Å². The van der Waals surface area contributed by atoms with Crippen LogP contribution in [-0.2, 0) is 23.8 Å². The number of carbonyl (C=O) groups excluding carboxylic acids is 2. The Balaban J connectivity index is 0. The third-order valence-electron chi connectivity index (χ3n) is 3.10. The Kier molecular flexibility index (Phi) is 14.5. The normalized spacial score (nSPS) is 12.4. The zero-order valence-electron chi connectivity index (χ0n) is 15.3. The molecule has 1 unspecified atom stereocenters. The molecule has 0 aromatic heterocycles. The lowest BCUT2D eigenvalue weighted by atomic mass is 10.0. The summed E-state index contributed by atoms with van der Waals surface area (Å²) in [6.45, 7) is 9.44. The van der Waals surface area contributed by atoms with Gasteiger partial charge in [0.15, 0.2) is 0 Å². The number of amides is 2. The second kappa shape index (κ2) is 14.0. The first kappa shape index (κ1) is 26.0. The lowest BCUT2D eigenvalue weighted by molar-refractivity contribution is -0.127. The van der Waals surface area contributed by atoms with Gasteiger partial charge in [-0.15, -0.1) is 0 Å². The van der Waals surface area contributed by atoms with Crippen molar-refractivity contribution in [3.05, 3.63) is 0 Å². The van der Waals surface area contributed by atoms with Gasteiger partial charge in [-0.3, -0.25) is 9.59 Å². The largest absolute Gasteiger partial charge is 0.377 e. The van der Waals surface area contributed by atoms with Crippen LogP contribution in [0.2, 0.25) is 0 Å². The van der Waals surface area contributed by atoms with Gasteiger partial charge < -0.3 is 24.8 Å². The van der Waals surface area contributed by atoms with E-state index in [-0.39, 0.29) is 51.7 Å². The second-order valence-corrected chi connectivity index (χ2v) is 6.18. The third kappa shape index (κ3) is 14.8. The third-order valence-corrected chi connectivity index (χ3v) is 3.10. The van der Waals surface area contributed by atoms with Crippen LogP contribution in [0.4, 0.5) is 4.39 Å². The smallest absolute Gasteiger partial charge is 0.246 e. The molecule has 0 rings (SSSR count). The van der Waals surface area contributed by atoms with Gasteiger partial charge >= 0.3 is 0 Å². The molecule has 0 aromatic rings. The van der Waals surface area contributed by atoms with Crippen molar-refractivity contribution in [2.75, 3.05) is 39.5 Å². The van der Waals surface area contributed by atoms with Gasteiger partial charge in [-0.2, -0.15) is 0 Å². The average Bonchev–Trinajstić information content (AvgIpc) is 2.49. The summed E-state index contributed by atoms with van der Waals surface area (Å²) in [7, 11) is 0. The van der Waals surface area contributed by atoms with Crippen LogP contribution in [0, 0.1) is 0 Å². The fourth-order valence-electron chi connectivity index (χ4n) is 1.59. The monoisotopic (exact) mass is 366 g/mol. The van der Waals surface area contributed by atoms with Crippen molar-refractivity contribution in [1.82, 2.24) is 10.6 Å². The van der Waals surface area contributed by atoms with Crippen molar-refractivity contribution >= 4 is 11.8 Å². The number of halogens is 1. The molecule has 0 saturated heterocycles. The van der Waals surface area contributed by atoms with Crippen molar-refractivity contribution in [2.24, 2.45) is 0 Å². The Morgan fingerprint density at radius 1 is 1.12 bits per heavy atom. The molecule has 0 radical (unpaired) electrons. The van der Waals surface area contributed by atoms with Crippen molar-refractivity contribution in [2.45, 2.75) is 59.9 Å². The first-order valence-corrected chi connectivity index (χ1v) is 8.13. The molecule has 0 spiro atoms. The Morgan fingerprint density at radius 3 is 2.32 bits per heavy atom. The molecule has 7 nitrogen and oxygen atoms in total. The molecule has 0 aliphatic rings. The number of alkyl halides is 1. The highest BCUT2D eigenvalue weighted by molar-refractivity contribution is 5.77. The second-order valence-electron chi connectivity index (χ2n) is 6.18. The summed E-state index contributed by atoms with van der Waals surface area (Å²) in [5.41, 5.74) is -1.02. The van der Waals surface area contributed by atoms with E-state index in [0.29, 0.717) is 13.2 Å². The number of hydrogen-bond acceptors (Lipinski definition) is 5. The predicted octanol–water partition coefficient (Wildman–Crippen LogP) is 1.45. The summed E-state index contributed by atoms with van der Waals surface area (Å²) in [5.74, 6) is -0.472. The minimum Gasteiger partial charge on any atom is -0.377 e. The van der Waals surface area contributed by atoms with Gasteiger partial charge in [0.1, 0.15) is 12.8 Å². The molecule has 0 fully saturated rings. The Morgan fingerprint density at radius 2 is 1.76 bits per heavy atom. The first-order valence-electron chi connectivity index (χ1n) is 8.13. The molecule has 0 bridgehead atoms. The van der Waals surface area contributed by atoms with Crippen molar-refractivity contribution in [3.8, 4) is 0 Å². The Hall–Kier alpha value is -1.25. The molecule has 2 N–H and O–H groups in total. The predicted molar refractivity (Wildman–Crippen MR) is 95.3 cm³/mol. The number of hydrogen-bond donors (Lipinski definition) is 2. The highest BCUT2D eigenvalue weighted by atomic mass is 19.1. The van der Waals surface area contributed by atoms with E-state index in [1.807, 2.05) is 13.8 Å². The molecule has 0 aromatic carbocycles. The van der Waals surface area contributed by atoms with Crippen LogP contribution < -0.4 is 10.6 Å². The van der Waals surface area contributed by atoms with Crippen molar-refractivity contribution < 1.29 is 28.2 Å². The number of ether oxygens (including phenoxy) is 3. The van der Waals surface area contributed by atoms with Crippen LogP contribution in [-0.4, -0.2) is 69.2 Å². The lowest BCUT2D eigenvalue weighted by Crippen LogP contribution is -2.44. The molecule has 2 amide bonds. The van der Waals surface area contributed by atoms with E-state index in [9.17, 15) is 14.0 Å². The quantitative estimate of drug-likeness (QED) is 0.482. The van der Waals surface area contributed by atoms with E-state index in [1.54, 1.807) is 13.8 Å². The molecule has 1 atom stereocenters. The van der Waals surface area contributed by atoms with Crippen LogP contribution >= 0.6 is 0 Å². The molecule has 0 heterocycles. The van der Waals surface area contributed by atoms with E-state index in [2.05, 4.69) is 10.6 Å². The van der Waals surface area contributed by atoms with Crippen LogP contribution in [0.25, 0.3) is 0 Å². The molecule has 150 valence electrons. The fourth-order valence-corrected chi connectivity index (χ4v) is 1.59. The zero-order valence-corrected chi connectivity index (χ0v) is 15.3. The van der Waals surface area contributed by atoms with E-state index >= 15 is 0 Å². The maximum Gasteiger partial charge on any atom is 0.246 e. The summed E-state index contributed by atoms with van der Waals surface area (Å²) in [6, 6.07) is 0. The molecule has 0 saturated carbocycles. The van der Waals surface area contributed by atoms with Crippen LogP contribution in [0.15, 0.2) is 0 Å². The average molecular weight is 366 g/mol.